The number of rotatable bonds is 5. The van der Waals surface area contributed by atoms with Crippen LogP contribution in [0.2, 0.25) is 0 Å². The molecular weight excluding hydrogens is 244 g/mol. The first kappa shape index (κ1) is 14.7. The van der Waals surface area contributed by atoms with E-state index in [0.29, 0.717) is 0 Å². The van der Waals surface area contributed by atoms with E-state index in [9.17, 15) is 0 Å². The summed E-state index contributed by atoms with van der Waals surface area (Å²) in [5.41, 5.74) is 5.92. The maximum atomic E-state index is 4.19. The first-order valence-corrected chi connectivity index (χ1v) is 7.40. The average Bonchev–Trinajstić information content (AvgIpc) is 2.85. The monoisotopic (exact) mass is 270 g/mol. The van der Waals surface area contributed by atoms with Gasteiger partial charge in [0.05, 0.1) is 6.54 Å². The Morgan fingerprint density at radius 2 is 2.05 bits per heavy atom. The molecule has 1 saturated heterocycles. The van der Waals surface area contributed by atoms with Crippen molar-refractivity contribution >= 4 is 5.70 Å². The summed E-state index contributed by atoms with van der Waals surface area (Å²) < 4.78 is 0. The third-order valence-electron chi connectivity index (χ3n) is 4.23. The lowest BCUT2D eigenvalue weighted by molar-refractivity contribution is 0.402. The fraction of sp³-hybridized carbons (Fsp3) is 0.444. The molecule has 1 aromatic carbocycles. The number of nitrogens with zero attached hydrogens (tertiary/aromatic N) is 1. The molecule has 2 rings (SSSR count). The average molecular weight is 270 g/mol. The Kier molecular flexibility index (Phi) is 4.53. The normalized spacial score (nSPS) is 18.1. The van der Waals surface area contributed by atoms with E-state index in [1.54, 1.807) is 0 Å². The van der Waals surface area contributed by atoms with Crippen molar-refractivity contribution in [3.63, 3.8) is 0 Å². The standard InChI is InChI=1S/C18H26N2/c1-13-8-9-20(12-13)16(4)11-19-17(5)18-7-6-14(2)15(3)10-18/h6-7,10,13,19H,4-5,8-9,11-12H2,1-3H3. The van der Waals surface area contributed by atoms with Gasteiger partial charge in [-0.1, -0.05) is 32.2 Å². The molecule has 0 amide bonds. The molecule has 1 aliphatic rings. The number of aryl methyl sites for hydroxylation is 2. The maximum Gasteiger partial charge on any atom is 0.0543 e. The first-order chi connectivity index (χ1) is 9.47. The predicted molar refractivity (Wildman–Crippen MR) is 87.4 cm³/mol. The smallest absolute Gasteiger partial charge is 0.0543 e. The zero-order valence-corrected chi connectivity index (χ0v) is 13.0. The summed E-state index contributed by atoms with van der Waals surface area (Å²) in [7, 11) is 0. The maximum absolute atomic E-state index is 4.19. The molecule has 108 valence electrons. The van der Waals surface area contributed by atoms with E-state index in [0.717, 1.165) is 36.8 Å². The first-order valence-electron chi connectivity index (χ1n) is 7.40. The second kappa shape index (κ2) is 6.17. The van der Waals surface area contributed by atoms with Gasteiger partial charge in [-0.3, -0.25) is 0 Å². The SMILES string of the molecule is C=C(NCC(=C)N1CCC(C)C1)c1ccc(C)c(C)c1. The highest BCUT2D eigenvalue weighted by molar-refractivity contribution is 5.63. The lowest BCUT2D eigenvalue weighted by Gasteiger charge is -2.22. The van der Waals surface area contributed by atoms with Crippen molar-refractivity contribution in [3.05, 3.63) is 53.7 Å². The molecule has 0 aliphatic carbocycles. The van der Waals surface area contributed by atoms with Crippen molar-refractivity contribution in [2.45, 2.75) is 27.2 Å². The summed E-state index contributed by atoms with van der Waals surface area (Å²) in [5.74, 6) is 0.787. The molecular formula is C18H26N2. The Morgan fingerprint density at radius 3 is 2.65 bits per heavy atom. The van der Waals surface area contributed by atoms with E-state index < -0.39 is 0 Å². The number of benzene rings is 1. The summed E-state index contributed by atoms with van der Waals surface area (Å²) in [6, 6.07) is 6.46. The van der Waals surface area contributed by atoms with Crippen molar-refractivity contribution < 1.29 is 0 Å². The highest BCUT2D eigenvalue weighted by atomic mass is 15.2. The van der Waals surface area contributed by atoms with Crippen LogP contribution in [-0.4, -0.2) is 24.5 Å². The molecule has 1 heterocycles. The number of likely N-dealkylation sites (tertiary alicyclic amines) is 1. The van der Waals surface area contributed by atoms with Crippen molar-refractivity contribution in [2.24, 2.45) is 5.92 Å². The zero-order valence-electron chi connectivity index (χ0n) is 13.0. The Labute approximate surface area is 123 Å². The van der Waals surface area contributed by atoms with Crippen LogP contribution in [0.4, 0.5) is 0 Å². The van der Waals surface area contributed by atoms with Gasteiger partial charge in [0, 0.05) is 24.5 Å². The van der Waals surface area contributed by atoms with Crippen molar-refractivity contribution in [1.29, 1.82) is 0 Å². The van der Waals surface area contributed by atoms with Crippen LogP contribution >= 0.6 is 0 Å². The third kappa shape index (κ3) is 3.44. The molecule has 2 heteroatoms. The molecule has 0 radical (unpaired) electrons. The lowest BCUT2D eigenvalue weighted by atomic mass is 10.0. The Balaban J connectivity index is 1.88. The molecule has 1 aromatic rings. The van der Waals surface area contributed by atoms with Gasteiger partial charge >= 0.3 is 0 Å². The van der Waals surface area contributed by atoms with E-state index in [4.69, 9.17) is 0 Å². The van der Waals surface area contributed by atoms with Gasteiger partial charge in [-0.25, -0.2) is 0 Å². The Morgan fingerprint density at radius 1 is 1.30 bits per heavy atom. The molecule has 1 fully saturated rings. The van der Waals surface area contributed by atoms with Crippen molar-refractivity contribution in [3.8, 4) is 0 Å². The van der Waals surface area contributed by atoms with Crippen LogP contribution in [0.15, 0.2) is 37.1 Å². The molecule has 0 bridgehead atoms. The molecule has 1 unspecified atom stereocenters. The van der Waals surface area contributed by atoms with E-state index >= 15 is 0 Å². The van der Waals surface area contributed by atoms with Gasteiger partial charge in [0.25, 0.3) is 0 Å². The van der Waals surface area contributed by atoms with Crippen LogP contribution in [0.5, 0.6) is 0 Å². The predicted octanol–water partition coefficient (Wildman–Crippen LogP) is 3.72. The van der Waals surface area contributed by atoms with Gasteiger partial charge in [-0.05, 0) is 48.9 Å². The largest absolute Gasteiger partial charge is 0.379 e. The molecule has 0 saturated carbocycles. The molecule has 0 spiro atoms. The van der Waals surface area contributed by atoms with E-state index in [1.165, 1.54) is 23.2 Å². The van der Waals surface area contributed by atoms with Crippen LogP contribution < -0.4 is 5.32 Å². The summed E-state index contributed by atoms with van der Waals surface area (Å²) in [4.78, 5) is 2.38. The highest BCUT2D eigenvalue weighted by Gasteiger charge is 2.19. The second-order valence-corrected chi connectivity index (χ2v) is 6.04. The van der Waals surface area contributed by atoms with Crippen LogP contribution in [0.1, 0.15) is 30.0 Å². The van der Waals surface area contributed by atoms with Crippen LogP contribution in [0.3, 0.4) is 0 Å². The molecule has 1 atom stereocenters. The molecule has 1 aliphatic heterocycles. The van der Waals surface area contributed by atoms with E-state index in [2.05, 4.69) is 62.3 Å². The van der Waals surface area contributed by atoms with Crippen molar-refractivity contribution in [1.82, 2.24) is 10.2 Å². The third-order valence-corrected chi connectivity index (χ3v) is 4.23. The second-order valence-electron chi connectivity index (χ2n) is 6.04. The summed E-state index contributed by atoms with van der Waals surface area (Å²) in [5, 5.41) is 3.40. The minimum Gasteiger partial charge on any atom is -0.379 e. The summed E-state index contributed by atoms with van der Waals surface area (Å²) >= 11 is 0. The van der Waals surface area contributed by atoms with E-state index in [1.807, 2.05) is 0 Å². The molecule has 2 nitrogen and oxygen atoms in total. The number of hydrogen-bond donors (Lipinski definition) is 1. The van der Waals surface area contributed by atoms with Gasteiger partial charge < -0.3 is 10.2 Å². The summed E-state index contributed by atoms with van der Waals surface area (Å²) in [6.07, 6.45) is 1.27. The van der Waals surface area contributed by atoms with Crippen LogP contribution in [0.25, 0.3) is 5.70 Å². The fourth-order valence-electron chi connectivity index (χ4n) is 2.57. The minimum atomic E-state index is 0.776. The highest BCUT2D eigenvalue weighted by Crippen LogP contribution is 2.19. The van der Waals surface area contributed by atoms with E-state index in [-0.39, 0.29) is 0 Å². The quantitative estimate of drug-likeness (QED) is 0.877. The number of hydrogen-bond acceptors (Lipinski definition) is 2. The molecule has 0 aromatic heterocycles. The Bertz CT molecular complexity index is 516. The van der Waals surface area contributed by atoms with Gasteiger partial charge in [0.2, 0.25) is 0 Å². The van der Waals surface area contributed by atoms with Gasteiger partial charge in [-0.15, -0.1) is 0 Å². The number of nitrogens with one attached hydrogen (secondary N) is 1. The van der Waals surface area contributed by atoms with Crippen LogP contribution in [-0.2, 0) is 0 Å². The van der Waals surface area contributed by atoms with Gasteiger partial charge in [0.15, 0.2) is 0 Å². The topological polar surface area (TPSA) is 15.3 Å². The summed E-state index contributed by atoms with van der Waals surface area (Å²) in [6.45, 7) is 17.9. The van der Waals surface area contributed by atoms with Gasteiger partial charge in [-0.2, -0.15) is 0 Å². The zero-order chi connectivity index (χ0) is 14.7. The van der Waals surface area contributed by atoms with Gasteiger partial charge in [0.1, 0.15) is 0 Å². The fourth-order valence-corrected chi connectivity index (χ4v) is 2.57. The molecule has 20 heavy (non-hydrogen) atoms. The Hall–Kier alpha value is -1.70. The minimum absolute atomic E-state index is 0.776. The lowest BCUT2D eigenvalue weighted by Crippen LogP contribution is -2.27. The molecule has 1 N–H and O–H groups in total. The van der Waals surface area contributed by atoms with Crippen LogP contribution in [0, 0.1) is 19.8 Å². The van der Waals surface area contributed by atoms with Crippen molar-refractivity contribution in [2.75, 3.05) is 19.6 Å².